The van der Waals surface area contributed by atoms with Gasteiger partial charge in [-0.2, -0.15) is 0 Å². The number of nitrogens with zero attached hydrogens (tertiary/aromatic N) is 1. The van der Waals surface area contributed by atoms with Gasteiger partial charge < -0.3 is 14.7 Å². The first-order chi connectivity index (χ1) is 13.8. The molecule has 1 aliphatic heterocycles. The van der Waals surface area contributed by atoms with Crippen LogP contribution in [0, 0.1) is 13.8 Å². The fourth-order valence-electron chi connectivity index (χ4n) is 3.47. The normalized spacial score (nSPS) is 18.5. The van der Waals surface area contributed by atoms with Gasteiger partial charge in [-0.15, -0.1) is 0 Å². The first-order valence-electron chi connectivity index (χ1n) is 9.06. The Morgan fingerprint density at radius 2 is 1.83 bits per heavy atom. The van der Waals surface area contributed by atoms with Crippen LogP contribution >= 0.6 is 23.2 Å². The molecule has 2 aromatic rings. The van der Waals surface area contributed by atoms with Gasteiger partial charge in [-0.25, -0.2) is 0 Å². The summed E-state index contributed by atoms with van der Waals surface area (Å²) >= 11 is 12.2. The minimum atomic E-state index is -0.792. The van der Waals surface area contributed by atoms with Crippen LogP contribution in [0.2, 0.25) is 10.0 Å². The lowest BCUT2D eigenvalue weighted by Crippen LogP contribution is -2.32. The quantitative estimate of drug-likeness (QED) is 0.422. The zero-order valence-electron chi connectivity index (χ0n) is 16.3. The van der Waals surface area contributed by atoms with Crippen LogP contribution in [0.25, 0.3) is 5.76 Å². The summed E-state index contributed by atoms with van der Waals surface area (Å²) in [5.41, 5.74) is 2.85. The third-order valence-electron chi connectivity index (χ3n) is 4.98. The summed E-state index contributed by atoms with van der Waals surface area (Å²) in [6, 6.07) is 9.68. The summed E-state index contributed by atoms with van der Waals surface area (Å²) in [4.78, 5) is 27.1. The molecule has 1 heterocycles. The molecule has 0 radical (unpaired) electrons. The Balaban J connectivity index is 2.23. The Bertz CT molecular complexity index is 1020. The minimum Gasteiger partial charge on any atom is -0.507 e. The Morgan fingerprint density at radius 3 is 2.48 bits per heavy atom. The van der Waals surface area contributed by atoms with Crippen LogP contribution in [0.3, 0.4) is 0 Å². The average molecular weight is 434 g/mol. The van der Waals surface area contributed by atoms with E-state index in [4.69, 9.17) is 27.9 Å². The number of hydrogen-bond acceptors (Lipinski definition) is 4. The second-order valence-corrected chi connectivity index (χ2v) is 7.79. The van der Waals surface area contributed by atoms with E-state index in [0.717, 1.165) is 11.1 Å². The lowest BCUT2D eigenvalue weighted by molar-refractivity contribution is -0.140. The number of methoxy groups -OCH3 is 1. The molecule has 0 spiro atoms. The number of likely N-dealkylation sites (tertiary alicyclic amines) is 1. The van der Waals surface area contributed by atoms with Crippen molar-refractivity contribution in [1.82, 2.24) is 4.90 Å². The van der Waals surface area contributed by atoms with E-state index in [1.807, 2.05) is 26.0 Å². The van der Waals surface area contributed by atoms with Crippen molar-refractivity contribution in [2.75, 3.05) is 20.3 Å². The molecular formula is C22H21Cl2NO4. The molecule has 1 atom stereocenters. The first-order valence-corrected chi connectivity index (χ1v) is 9.81. The number of hydrogen-bond donors (Lipinski definition) is 1. The van der Waals surface area contributed by atoms with Gasteiger partial charge in [-0.05, 0) is 43.2 Å². The molecule has 0 aliphatic carbocycles. The number of ketones is 1. The van der Waals surface area contributed by atoms with Crippen LogP contribution in [0.15, 0.2) is 42.0 Å². The van der Waals surface area contributed by atoms with Gasteiger partial charge in [0.1, 0.15) is 5.76 Å². The first kappa shape index (κ1) is 21.4. The van der Waals surface area contributed by atoms with Gasteiger partial charge in [0.15, 0.2) is 0 Å². The number of aliphatic hydroxyl groups is 1. The average Bonchev–Trinajstić information content (AvgIpc) is 2.94. The number of rotatable bonds is 5. The molecule has 2 aromatic carbocycles. The van der Waals surface area contributed by atoms with Crippen molar-refractivity contribution in [3.05, 3.63) is 74.3 Å². The molecular weight excluding hydrogens is 413 g/mol. The van der Waals surface area contributed by atoms with E-state index in [0.29, 0.717) is 21.2 Å². The standard InChI is InChI=1S/C22H21Cl2NO4/c1-12-4-5-13(2)15(10-12)20(26)18-19(14-6-7-16(23)17(24)11-14)25(8-9-29-3)22(28)21(18)27/h4-7,10-11,19,26H,8-9H2,1-3H3/b20-18+. The molecule has 7 heteroatoms. The minimum absolute atomic E-state index is 0.0261. The zero-order valence-corrected chi connectivity index (χ0v) is 17.8. The van der Waals surface area contributed by atoms with Crippen molar-refractivity contribution < 1.29 is 19.4 Å². The van der Waals surface area contributed by atoms with Gasteiger partial charge in [0, 0.05) is 19.2 Å². The third-order valence-corrected chi connectivity index (χ3v) is 5.72. The van der Waals surface area contributed by atoms with E-state index in [1.165, 1.54) is 12.0 Å². The van der Waals surface area contributed by atoms with Crippen molar-refractivity contribution in [2.24, 2.45) is 0 Å². The number of carbonyl (C=O) groups excluding carboxylic acids is 2. The van der Waals surface area contributed by atoms with Crippen molar-refractivity contribution in [2.45, 2.75) is 19.9 Å². The molecule has 5 nitrogen and oxygen atoms in total. The number of aryl methyl sites for hydroxylation is 2. The van der Waals surface area contributed by atoms with Crippen molar-refractivity contribution in [3.63, 3.8) is 0 Å². The SMILES string of the molecule is COCCN1C(=O)C(=O)/C(=C(/O)c2cc(C)ccc2C)C1c1ccc(Cl)c(Cl)c1. The monoisotopic (exact) mass is 433 g/mol. The Kier molecular flexibility index (Phi) is 6.32. The molecule has 1 N–H and O–H groups in total. The highest BCUT2D eigenvalue weighted by Crippen LogP contribution is 2.41. The number of amides is 1. The summed E-state index contributed by atoms with van der Waals surface area (Å²) in [6.45, 7) is 4.16. The summed E-state index contributed by atoms with van der Waals surface area (Å²) in [5.74, 6) is -1.64. The zero-order chi connectivity index (χ0) is 21.3. The molecule has 0 aromatic heterocycles. The molecule has 1 amide bonds. The van der Waals surface area contributed by atoms with Gasteiger partial charge in [-0.3, -0.25) is 9.59 Å². The van der Waals surface area contributed by atoms with Gasteiger partial charge in [0.2, 0.25) is 0 Å². The van der Waals surface area contributed by atoms with Crippen LogP contribution in [0.1, 0.15) is 28.3 Å². The predicted molar refractivity (Wildman–Crippen MR) is 113 cm³/mol. The third kappa shape index (κ3) is 4.04. The van der Waals surface area contributed by atoms with Crippen LogP contribution < -0.4 is 0 Å². The number of halogens is 2. The second kappa shape index (κ2) is 8.57. The highest BCUT2D eigenvalue weighted by Gasteiger charge is 2.46. The Hall–Kier alpha value is -2.34. The molecule has 0 saturated carbocycles. The Labute approximate surface area is 179 Å². The Morgan fingerprint density at radius 1 is 1.10 bits per heavy atom. The number of benzene rings is 2. The molecule has 1 aliphatic rings. The van der Waals surface area contributed by atoms with E-state index < -0.39 is 17.7 Å². The molecule has 3 rings (SSSR count). The number of carbonyl (C=O) groups is 2. The lowest BCUT2D eigenvalue weighted by atomic mass is 9.93. The molecule has 152 valence electrons. The van der Waals surface area contributed by atoms with Gasteiger partial charge >= 0.3 is 0 Å². The van der Waals surface area contributed by atoms with Gasteiger partial charge in [0.25, 0.3) is 11.7 Å². The molecule has 1 unspecified atom stereocenters. The fraction of sp³-hybridized carbons (Fsp3) is 0.273. The van der Waals surface area contributed by atoms with E-state index in [2.05, 4.69) is 0 Å². The summed E-state index contributed by atoms with van der Waals surface area (Å²) in [7, 11) is 1.51. The van der Waals surface area contributed by atoms with Crippen molar-refractivity contribution in [1.29, 1.82) is 0 Å². The maximum Gasteiger partial charge on any atom is 0.295 e. The summed E-state index contributed by atoms with van der Waals surface area (Å²) in [6.07, 6.45) is 0. The summed E-state index contributed by atoms with van der Waals surface area (Å²) < 4.78 is 5.10. The topological polar surface area (TPSA) is 66.8 Å². The summed E-state index contributed by atoms with van der Waals surface area (Å²) in [5, 5.41) is 11.8. The second-order valence-electron chi connectivity index (χ2n) is 6.98. The van der Waals surface area contributed by atoms with Crippen molar-refractivity contribution in [3.8, 4) is 0 Å². The number of aliphatic hydroxyl groups excluding tert-OH is 1. The molecule has 0 bridgehead atoms. The maximum absolute atomic E-state index is 12.9. The van der Waals surface area contributed by atoms with E-state index in [-0.39, 0.29) is 24.5 Å². The number of Topliss-reactive ketones (excluding diaryl/α,β-unsaturated/α-hetero) is 1. The van der Waals surface area contributed by atoms with E-state index in [9.17, 15) is 14.7 Å². The highest BCUT2D eigenvalue weighted by molar-refractivity contribution is 6.47. The molecule has 1 fully saturated rings. The predicted octanol–water partition coefficient (Wildman–Crippen LogP) is 4.68. The van der Waals surface area contributed by atoms with E-state index in [1.54, 1.807) is 24.3 Å². The van der Waals surface area contributed by atoms with Crippen LogP contribution in [-0.2, 0) is 14.3 Å². The van der Waals surface area contributed by atoms with Crippen LogP contribution in [0.5, 0.6) is 0 Å². The number of ether oxygens (including phenoxy) is 1. The van der Waals surface area contributed by atoms with Crippen molar-refractivity contribution >= 4 is 40.7 Å². The molecule has 29 heavy (non-hydrogen) atoms. The maximum atomic E-state index is 12.9. The van der Waals surface area contributed by atoms with Crippen LogP contribution in [0.4, 0.5) is 0 Å². The molecule has 1 saturated heterocycles. The van der Waals surface area contributed by atoms with Gasteiger partial charge in [0.05, 0.1) is 28.3 Å². The van der Waals surface area contributed by atoms with Gasteiger partial charge in [-0.1, -0.05) is 47.0 Å². The highest BCUT2D eigenvalue weighted by atomic mass is 35.5. The van der Waals surface area contributed by atoms with E-state index >= 15 is 0 Å². The largest absolute Gasteiger partial charge is 0.507 e. The lowest BCUT2D eigenvalue weighted by Gasteiger charge is -2.25. The smallest absolute Gasteiger partial charge is 0.295 e. The van der Waals surface area contributed by atoms with Crippen LogP contribution in [-0.4, -0.2) is 42.0 Å². The fourth-order valence-corrected chi connectivity index (χ4v) is 3.77.